The van der Waals surface area contributed by atoms with Gasteiger partial charge >= 0.3 is 0 Å². The molecule has 0 radical (unpaired) electrons. The molecule has 0 aliphatic rings. The number of anilines is 1. The number of thiocarbonyl (C=S) groups is 1. The third-order valence-electron chi connectivity index (χ3n) is 2.85. The predicted octanol–water partition coefficient (Wildman–Crippen LogP) is 3.24. The summed E-state index contributed by atoms with van der Waals surface area (Å²) in [7, 11) is 1.51. The molecule has 2 rings (SSSR count). The van der Waals surface area contributed by atoms with Crippen LogP contribution in [0.5, 0.6) is 5.75 Å². The van der Waals surface area contributed by atoms with Gasteiger partial charge in [0.1, 0.15) is 10.7 Å². The molecule has 0 aliphatic heterocycles. The Kier molecular flexibility index (Phi) is 4.77. The summed E-state index contributed by atoms with van der Waals surface area (Å²) in [4.78, 5) is 12.5. The van der Waals surface area contributed by atoms with Gasteiger partial charge in [0.05, 0.1) is 18.4 Å². The van der Waals surface area contributed by atoms with Crippen molar-refractivity contribution in [2.24, 2.45) is 5.73 Å². The van der Waals surface area contributed by atoms with E-state index in [-0.39, 0.29) is 10.9 Å². The number of hydrogen-bond donors (Lipinski definition) is 2. The van der Waals surface area contributed by atoms with E-state index in [1.165, 1.54) is 7.11 Å². The van der Waals surface area contributed by atoms with Crippen LogP contribution in [0.25, 0.3) is 0 Å². The first-order valence-electron chi connectivity index (χ1n) is 6.06. The smallest absolute Gasteiger partial charge is 0.259 e. The minimum absolute atomic E-state index is 0.182. The second kappa shape index (κ2) is 6.56. The van der Waals surface area contributed by atoms with Gasteiger partial charge in [0.25, 0.3) is 5.91 Å². The van der Waals surface area contributed by atoms with Gasteiger partial charge in [-0.05, 0) is 30.3 Å². The van der Waals surface area contributed by atoms with Gasteiger partial charge in [-0.2, -0.15) is 0 Å². The highest BCUT2D eigenvalue weighted by Crippen LogP contribution is 2.24. The summed E-state index contributed by atoms with van der Waals surface area (Å²) in [5, 5.41) is 3.23. The van der Waals surface area contributed by atoms with E-state index in [1.54, 1.807) is 42.5 Å². The number of hydrogen-bond acceptors (Lipinski definition) is 3. The Hall–Kier alpha value is -2.11. The second-order valence-corrected chi connectivity index (χ2v) is 5.08. The average Bonchev–Trinajstić information content (AvgIpc) is 2.46. The second-order valence-electron chi connectivity index (χ2n) is 4.21. The molecule has 0 aromatic heterocycles. The number of para-hydroxylation sites is 1. The van der Waals surface area contributed by atoms with Crippen LogP contribution in [0.15, 0.2) is 42.5 Å². The van der Waals surface area contributed by atoms with Crippen molar-refractivity contribution in [3.8, 4) is 5.75 Å². The zero-order chi connectivity index (χ0) is 15.4. The van der Waals surface area contributed by atoms with Crippen LogP contribution in [0.4, 0.5) is 5.69 Å². The van der Waals surface area contributed by atoms with Crippen LogP contribution in [0.3, 0.4) is 0 Å². The first-order valence-corrected chi connectivity index (χ1v) is 6.85. The Labute approximate surface area is 132 Å². The molecule has 0 bridgehead atoms. The van der Waals surface area contributed by atoms with Gasteiger partial charge in [-0.25, -0.2) is 0 Å². The van der Waals surface area contributed by atoms with Crippen LogP contribution in [0.2, 0.25) is 5.02 Å². The Balaban J connectivity index is 2.36. The number of amides is 1. The van der Waals surface area contributed by atoms with Crippen LogP contribution < -0.4 is 15.8 Å². The van der Waals surface area contributed by atoms with Crippen LogP contribution in [0.1, 0.15) is 15.9 Å². The predicted molar refractivity (Wildman–Crippen MR) is 88.3 cm³/mol. The summed E-state index contributed by atoms with van der Waals surface area (Å²) < 4.78 is 5.17. The van der Waals surface area contributed by atoms with Crippen LogP contribution >= 0.6 is 23.8 Å². The van der Waals surface area contributed by atoms with E-state index < -0.39 is 0 Å². The molecule has 0 saturated heterocycles. The van der Waals surface area contributed by atoms with Gasteiger partial charge in [-0.1, -0.05) is 36.0 Å². The molecule has 0 atom stereocenters. The number of halogens is 1. The van der Waals surface area contributed by atoms with Crippen molar-refractivity contribution in [1.82, 2.24) is 0 Å². The number of methoxy groups -OCH3 is 1. The molecule has 21 heavy (non-hydrogen) atoms. The summed E-state index contributed by atoms with van der Waals surface area (Å²) in [5.41, 5.74) is 7.08. The topological polar surface area (TPSA) is 64.3 Å². The quantitative estimate of drug-likeness (QED) is 0.849. The van der Waals surface area contributed by atoms with Crippen molar-refractivity contribution in [2.75, 3.05) is 12.4 Å². The number of carbonyl (C=O) groups is 1. The number of ether oxygens (including phenoxy) is 1. The van der Waals surface area contributed by atoms with E-state index in [2.05, 4.69) is 5.32 Å². The van der Waals surface area contributed by atoms with E-state index in [1.807, 2.05) is 0 Å². The van der Waals surface area contributed by atoms with Crippen molar-refractivity contribution in [3.05, 3.63) is 58.6 Å². The molecule has 108 valence electrons. The van der Waals surface area contributed by atoms with Gasteiger partial charge in [-0.15, -0.1) is 0 Å². The van der Waals surface area contributed by atoms with Gasteiger partial charge in [-0.3, -0.25) is 4.79 Å². The molecule has 3 N–H and O–H groups in total. The van der Waals surface area contributed by atoms with E-state index in [0.717, 1.165) is 0 Å². The molecule has 4 nitrogen and oxygen atoms in total. The summed E-state index contributed by atoms with van der Waals surface area (Å²) in [5.74, 6) is 0.154. The molecule has 2 aromatic carbocycles. The first kappa shape index (κ1) is 15.3. The minimum Gasteiger partial charge on any atom is -0.496 e. The zero-order valence-electron chi connectivity index (χ0n) is 11.2. The maximum atomic E-state index is 12.4. The normalized spacial score (nSPS) is 10.0. The van der Waals surface area contributed by atoms with Gasteiger partial charge in [0.2, 0.25) is 0 Å². The Morgan fingerprint density at radius 2 is 1.95 bits per heavy atom. The lowest BCUT2D eigenvalue weighted by atomic mass is 10.1. The van der Waals surface area contributed by atoms with Crippen molar-refractivity contribution >= 4 is 40.4 Å². The van der Waals surface area contributed by atoms with E-state index in [0.29, 0.717) is 27.6 Å². The van der Waals surface area contributed by atoms with Crippen LogP contribution in [0, 0.1) is 0 Å². The molecule has 1 amide bonds. The lowest BCUT2D eigenvalue weighted by Crippen LogP contribution is -2.18. The first-order chi connectivity index (χ1) is 10.0. The molecule has 0 fully saturated rings. The van der Waals surface area contributed by atoms with Crippen LogP contribution in [-0.2, 0) is 0 Å². The minimum atomic E-state index is -0.327. The SMILES string of the molecule is COc1ccccc1C(=O)Nc1cc(Cl)ccc1C(N)=S. The highest BCUT2D eigenvalue weighted by atomic mass is 35.5. The maximum Gasteiger partial charge on any atom is 0.259 e. The monoisotopic (exact) mass is 320 g/mol. The van der Waals surface area contributed by atoms with Crippen molar-refractivity contribution in [3.63, 3.8) is 0 Å². The lowest BCUT2D eigenvalue weighted by Gasteiger charge is -2.12. The maximum absolute atomic E-state index is 12.4. The molecule has 0 saturated carbocycles. The fourth-order valence-corrected chi connectivity index (χ4v) is 2.21. The number of benzene rings is 2. The summed E-state index contributed by atoms with van der Waals surface area (Å²) in [6.07, 6.45) is 0. The summed E-state index contributed by atoms with van der Waals surface area (Å²) in [6.45, 7) is 0. The number of nitrogens with two attached hydrogens (primary N) is 1. The fraction of sp³-hybridized carbons (Fsp3) is 0.0667. The standard InChI is InChI=1S/C15H13ClN2O2S/c1-20-13-5-3-2-4-11(13)15(19)18-12-8-9(16)6-7-10(12)14(17)21/h2-8H,1H3,(H2,17,21)(H,18,19). The highest BCUT2D eigenvalue weighted by Gasteiger charge is 2.14. The number of rotatable bonds is 4. The van der Waals surface area contributed by atoms with Gasteiger partial charge < -0.3 is 15.8 Å². The highest BCUT2D eigenvalue weighted by molar-refractivity contribution is 7.80. The third kappa shape index (κ3) is 3.51. The molecule has 0 spiro atoms. The number of carbonyl (C=O) groups excluding carboxylic acids is 1. The van der Waals surface area contributed by atoms with Gasteiger partial charge in [0.15, 0.2) is 0 Å². The van der Waals surface area contributed by atoms with E-state index in [9.17, 15) is 4.79 Å². The molecule has 0 unspecified atom stereocenters. The summed E-state index contributed by atoms with van der Waals surface area (Å²) >= 11 is 10.9. The molecular weight excluding hydrogens is 308 g/mol. The molecule has 2 aromatic rings. The molecule has 0 aliphatic carbocycles. The Bertz CT molecular complexity index is 704. The van der Waals surface area contributed by atoms with Crippen LogP contribution in [-0.4, -0.2) is 18.0 Å². The van der Waals surface area contributed by atoms with Crippen molar-refractivity contribution < 1.29 is 9.53 Å². The molecule has 6 heteroatoms. The Morgan fingerprint density at radius 1 is 1.24 bits per heavy atom. The largest absolute Gasteiger partial charge is 0.496 e. The van der Waals surface area contributed by atoms with Gasteiger partial charge in [0, 0.05) is 10.6 Å². The Morgan fingerprint density at radius 3 is 2.62 bits per heavy atom. The zero-order valence-corrected chi connectivity index (χ0v) is 12.8. The number of nitrogens with one attached hydrogen (secondary N) is 1. The van der Waals surface area contributed by atoms with E-state index >= 15 is 0 Å². The van der Waals surface area contributed by atoms with Crippen molar-refractivity contribution in [1.29, 1.82) is 0 Å². The summed E-state index contributed by atoms with van der Waals surface area (Å²) in [6, 6.07) is 11.8. The molecular formula is C15H13ClN2O2S. The third-order valence-corrected chi connectivity index (χ3v) is 3.30. The van der Waals surface area contributed by atoms with E-state index in [4.69, 9.17) is 34.3 Å². The lowest BCUT2D eigenvalue weighted by molar-refractivity contribution is 0.102. The average molecular weight is 321 g/mol. The fourth-order valence-electron chi connectivity index (χ4n) is 1.86. The molecule has 0 heterocycles. The van der Waals surface area contributed by atoms with Crippen molar-refractivity contribution in [2.45, 2.75) is 0 Å².